The Bertz CT molecular complexity index is 1170. The van der Waals surface area contributed by atoms with Gasteiger partial charge < -0.3 is 0 Å². The summed E-state index contributed by atoms with van der Waals surface area (Å²) in [7, 11) is 0. The maximum atomic E-state index is 4.49. The molecule has 0 N–H and O–H groups in total. The first kappa shape index (κ1) is 16.4. The average molecular weight is 362 g/mol. The molecule has 0 aliphatic heterocycles. The Labute approximate surface area is 163 Å². The zero-order valence-electron chi connectivity index (χ0n) is 15.2. The molecule has 0 unspecified atom stereocenters. The summed E-state index contributed by atoms with van der Waals surface area (Å²) in [4.78, 5) is 4.38. The van der Waals surface area contributed by atoms with Gasteiger partial charge in [0.25, 0.3) is 0 Å². The third-order valence-electron chi connectivity index (χ3n) is 4.95. The van der Waals surface area contributed by atoms with Crippen molar-refractivity contribution in [1.82, 2.24) is 20.0 Å². The van der Waals surface area contributed by atoms with Crippen molar-refractivity contribution in [2.75, 3.05) is 0 Å². The van der Waals surface area contributed by atoms with Gasteiger partial charge in [0.05, 0.1) is 6.20 Å². The van der Waals surface area contributed by atoms with Crippen LogP contribution >= 0.6 is 0 Å². The molecule has 0 saturated heterocycles. The number of aromatic nitrogens is 4. The first-order chi connectivity index (χ1) is 13.9. The minimum Gasteiger partial charge on any atom is -0.263 e. The van der Waals surface area contributed by atoms with Crippen molar-refractivity contribution in [3.63, 3.8) is 0 Å². The highest BCUT2D eigenvalue weighted by Gasteiger charge is 2.19. The minimum atomic E-state index is -0.0356. The van der Waals surface area contributed by atoms with Gasteiger partial charge in [0.1, 0.15) is 11.7 Å². The number of benzene rings is 3. The quantitative estimate of drug-likeness (QED) is 0.445. The fourth-order valence-corrected chi connectivity index (χ4v) is 3.62. The van der Waals surface area contributed by atoms with E-state index >= 15 is 0 Å². The van der Waals surface area contributed by atoms with Crippen LogP contribution in [0.2, 0.25) is 0 Å². The first-order valence-electron chi connectivity index (χ1n) is 9.25. The van der Waals surface area contributed by atoms with Gasteiger partial charge in [-0.3, -0.25) is 4.98 Å². The van der Waals surface area contributed by atoms with Crippen molar-refractivity contribution in [2.45, 2.75) is 6.04 Å². The number of fused-ring (bicyclic) bond motifs is 1. The molecule has 5 aromatic rings. The molecule has 0 radical (unpaired) electrons. The molecule has 0 saturated carbocycles. The summed E-state index contributed by atoms with van der Waals surface area (Å²) in [6, 6.07) is 28.9. The van der Waals surface area contributed by atoms with Crippen LogP contribution in [0.3, 0.4) is 0 Å². The van der Waals surface area contributed by atoms with Gasteiger partial charge in [-0.25, -0.2) is 4.68 Å². The van der Waals surface area contributed by atoms with E-state index < -0.39 is 0 Å². The van der Waals surface area contributed by atoms with E-state index in [1.54, 1.807) is 0 Å². The topological polar surface area (TPSA) is 43.6 Å². The van der Waals surface area contributed by atoms with E-state index in [4.69, 9.17) is 0 Å². The van der Waals surface area contributed by atoms with E-state index in [1.165, 1.54) is 11.1 Å². The number of hydrogen-bond donors (Lipinski definition) is 0. The molecule has 28 heavy (non-hydrogen) atoms. The molecule has 5 rings (SSSR count). The highest BCUT2D eigenvalue weighted by Crippen LogP contribution is 2.29. The van der Waals surface area contributed by atoms with Crippen LogP contribution in [-0.4, -0.2) is 20.0 Å². The summed E-state index contributed by atoms with van der Waals surface area (Å²) >= 11 is 0. The summed E-state index contributed by atoms with van der Waals surface area (Å²) in [6.45, 7) is 0. The fourth-order valence-electron chi connectivity index (χ4n) is 3.62. The number of nitrogens with zero attached hydrogens (tertiary/aromatic N) is 4. The predicted molar refractivity (Wildman–Crippen MR) is 111 cm³/mol. The fraction of sp³-hybridized carbons (Fsp3) is 0.0417. The Morgan fingerprint density at radius 2 is 1.32 bits per heavy atom. The van der Waals surface area contributed by atoms with Crippen LogP contribution in [0.15, 0.2) is 104 Å². The van der Waals surface area contributed by atoms with Gasteiger partial charge in [-0.15, -0.1) is 5.10 Å². The van der Waals surface area contributed by atoms with Crippen LogP contribution in [-0.2, 0) is 0 Å². The van der Waals surface area contributed by atoms with Gasteiger partial charge in [-0.05, 0) is 16.5 Å². The second-order valence-electron chi connectivity index (χ2n) is 6.72. The molecule has 2 heterocycles. The molecule has 0 bridgehead atoms. The molecular weight excluding hydrogens is 344 g/mol. The lowest BCUT2D eigenvalue weighted by atomic mass is 9.99. The summed E-state index contributed by atoms with van der Waals surface area (Å²) in [5.41, 5.74) is 4.15. The maximum Gasteiger partial charge on any atom is 0.115 e. The van der Waals surface area contributed by atoms with E-state index in [0.717, 1.165) is 22.0 Å². The predicted octanol–water partition coefficient (Wildman–Crippen LogP) is 5.13. The molecule has 0 amide bonds. The third-order valence-corrected chi connectivity index (χ3v) is 4.95. The standard InChI is InChI=1S/C24H18N4/c1-3-9-18(10-4-1)24(19-11-5-2-6-12-19)28-17-23(26-27-28)22-16-25-15-20-13-7-8-14-21(20)22/h1-17,24H. The van der Waals surface area contributed by atoms with Crippen molar-refractivity contribution in [2.24, 2.45) is 0 Å². The molecule has 4 heteroatoms. The second kappa shape index (κ2) is 7.08. The average Bonchev–Trinajstić information content (AvgIpc) is 3.24. The molecule has 3 aromatic carbocycles. The lowest BCUT2D eigenvalue weighted by Gasteiger charge is -2.18. The highest BCUT2D eigenvalue weighted by atomic mass is 15.4. The molecule has 2 aromatic heterocycles. The number of rotatable bonds is 4. The van der Waals surface area contributed by atoms with Crippen LogP contribution in [0.1, 0.15) is 17.2 Å². The van der Waals surface area contributed by atoms with E-state index in [2.05, 4.69) is 76.0 Å². The third kappa shape index (κ3) is 2.95. The van der Waals surface area contributed by atoms with Crippen LogP contribution in [0.4, 0.5) is 0 Å². The Morgan fingerprint density at radius 3 is 2.04 bits per heavy atom. The normalized spacial score (nSPS) is 11.2. The lowest BCUT2D eigenvalue weighted by Crippen LogP contribution is -2.13. The van der Waals surface area contributed by atoms with Gasteiger partial charge in [0.2, 0.25) is 0 Å². The highest BCUT2D eigenvalue weighted by molar-refractivity contribution is 5.94. The molecule has 0 aliphatic rings. The molecule has 0 fully saturated rings. The molecule has 0 atom stereocenters. The van der Waals surface area contributed by atoms with Gasteiger partial charge in [0.15, 0.2) is 0 Å². The molecular formula is C24H18N4. The lowest BCUT2D eigenvalue weighted by molar-refractivity contribution is 0.571. The van der Waals surface area contributed by atoms with Crippen molar-refractivity contribution in [1.29, 1.82) is 0 Å². The van der Waals surface area contributed by atoms with E-state index in [-0.39, 0.29) is 6.04 Å². The zero-order valence-corrected chi connectivity index (χ0v) is 15.2. The van der Waals surface area contributed by atoms with E-state index in [1.807, 2.05) is 47.5 Å². The summed E-state index contributed by atoms with van der Waals surface area (Å²) < 4.78 is 1.93. The Morgan fingerprint density at radius 1 is 0.679 bits per heavy atom. The van der Waals surface area contributed by atoms with Crippen molar-refractivity contribution < 1.29 is 0 Å². The SMILES string of the molecule is c1ccc(C(c2ccccc2)n2cc(-c3cncc4ccccc34)nn2)cc1. The van der Waals surface area contributed by atoms with Crippen molar-refractivity contribution in [3.8, 4) is 11.3 Å². The van der Waals surface area contributed by atoms with Crippen molar-refractivity contribution >= 4 is 10.8 Å². The first-order valence-corrected chi connectivity index (χ1v) is 9.25. The van der Waals surface area contributed by atoms with Crippen LogP contribution in [0.5, 0.6) is 0 Å². The Hall–Kier alpha value is -3.79. The largest absolute Gasteiger partial charge is 0.263 e. The summed E-state index contributed by atoms with van der Waals surface area (Å²) in [5, 5.41) is 11.2. The summed E-state index contributed by atoms with van der Waals surface area (Å²) in [6.07, 6.45) is 5.74. The minimum absolute atomic E-state index is 0.0356. The smallest absolute Gasteiger partial charge is 0.115 e. The van der Waals surface area contributed by atoms with Crippen LogP contribution < -0.4 is 0 Å². The molecule has 0 aliphatic carbocycles. The van der Waals surface area contributed by atoms with Crippen molar-refractivity contribution in [3.05, 3.63) is 115 Å². The van der Waals surface area contributed by atoms with E-state index in [9.17, 15) is 0 Å². The van der Waals surface area contributed by atoms with Gasteiger partial charge >= 0.3 is 0 Å². The Kier molecular flexibility index (Phi) is 4.14. The van der Waals surface area contributed by atoms with Gasteiger partial charge in [0, 0.05) is 23.3 Å². The maximum absolute atomic E-state index is 4.49. The zero-order chi connectivity index (χ0) is 18.8. The van der Waals surface area contributed by atoms with Crippen LogP contribution in [0, 0.1) is 0 Å². The van der Waals surface area contributed by atoms with E-state index in [0.29, 0.717) is 0 Å². The van der Waals surface area contributed by atoms with Gasteiger partial charge in [-0.2, -0.15) is 0 Å². The summed E-state index contributed by atoms with van der Waals surface area (Å²) in [5.74, 6) is 0. The second-order valence-corrected chi connectivity index (χ2v) is 6.72. The Balaban J connectivity index is 1.63. The monoisotopic (exact) mass is 362 g/mol. The van der Waals surface area contributed by atoms with Gasteiger partial charge in [-0.1, -0.05) is 90.1 Å². The molecule has 0 spiro atoms. The molecule has 4 nitrogen and oxygen atoms in total. The van der Waals surface area contributed by atoms with Crippen LogP contribution in [0.25, 0.3) is 22.0 Å². The number of hydrogen-bond acceptors (Lipinski definition) is 3. The molecule has 134 valence electrons. The number of pyridine rings is 1.